The first-order valence-electron chi connectivity index (χ1n) is 10.7. The van der Waals surface area contributed by atoms with Gasteiger partial charge in [0.05, 0.1) is 12.7 Å². The Labute approximate surface area is 186 Å². The van der Waals surface area contributed by atoms with Crippen molar-refractivity contribution in [1.29, 1.82) is 0 Å². The van der Waals surface area contributed by atoms with E-state index in [1.165, 1.54) is 10.4 Å². The summed E-state index contributed by atoms with van der Waals surface area (Å²) in [6, 6.07) is 15.8. The van der Waals surface area contributed by atoms with E-state index in [9.17, 15) is 4.79 Å². The van der Waals surface area contributed by atoms with Gasteiger partial charge in [0.1, 0.15) is 17.8 Å². The van der Waals surface area contributed by atoms with Gasteiger partial charge in [-0.3, -0.25) is 4.79 Å². The molecule has 1 aromatic heterocycles. The van der Waals surface area contributed by atoms with Gasteiger partial charge < -0.3 is 20.1 Å². The molecule has 2 aliphatic rings. The van der Waals surface area contributed by atoms with E-state index in [1.54, 1.807) is 18.4 Å². The number of ether oxygens (including phenoxy) is 2. The highest BCUT2D eigenvalue weighted by molar-refractivity contribution is 7.16. The molecule has 6 heteroatoms. The van der Waals surface area contributed by atoms with E-state index in [2.05, 4.69) is 17.6 Å². The molecule has 160 valence electrons. The Hall–Kier alpha value is -2.99. The Bertz CT molecular complexity index is 1110. The molecule has 0 bridgehead atoms. The van der Waals surface area contributed by atoms with E-state index in [0.717, 1.165) is 41.0 Å². The smallest absolute Gasteiger partial charge is 0.256 e. The predicted octanol–water partition coefficient (Wildman–Crippen LogP) is 5.31. The van der Waals surface area contributed by atoms with Crippen molar-refractivity contribution in [2.24, 2.45) is 5.92 Å². The van der Waals surface area contributed by atoms with E-state index in [4.69, 9.17) is 9.47 Å². The van der Waals surface area contributed by atoms with Gasteiger partial charge in [-0.15, -0.1) is 11.3 Å². The van der Waals surface area contributed by atoms with Crippen LogP contribution in [0.25, 0.3) is 0 Å². The number of fused-ring (bicyclic) bond motifs is 3. The van der Waals surface area contributed by atoms with Gasteiger partial charge in [0, 0.05) is 4.88 Å². The molecule has 1 aliphatic heterocycles. The maximum Gasteiger partial charge on any atom is 0.256 e. The quantitative estimate of drug-likeness (QED) is 0.571. The minimum atomic E-state index is -0.297. The average molecular weight is 435 g/mol. The van der Waals surface area contributed by atoms with Gasteiger partial charge in [-0.25, -0.2) is 0 Å². The molecular formula is C25H26N2O3S. The van der Waals surface area contributed by atoms with Gasteiger partial charge in [-0.2, -0.15) is 0 Å². The topological polar surface area (TPSA) is 59.6 Å². The van der Waals surface area contributed by atoms with Crippen molar-refractivity contribution >= 4 is 22.2 Å². The van der Waals surface area contributed by atoms with E-state index >= 15 is 0 Å². The standard InChI is InChI=1S/C25H26N2O3S/c1-15-8-10-18-21(12-15)31-25-22(18)24(28)26-23(27-25)17-9-11-19(20(13-17)29-2)30-14-16-6-4-3-5-7-16/h3-7,9,11,13,15,23,27H,8,10,12,14H2,1-2H3,(H,26,28)/t15-,23+/m1/s1. The lowest BCUT2D eigenvalue weighted by atomic mass is 9.88. The summed E-state index contributed by atoms with van der Waals surface area (Å²) >= 11 is 1.73. The van der Waals surface area contributed by atoms with E-state index in [0.29, 0.717) is 24.0 Å². The molecule has 2 atom stereocenters. The van der Waals surface area contributed by atoms with Crippen molar-refractivity contribution < 1.29 is 14.3 Å². The van der Waals surface area contributed by atoms with Gasteiger partial charge in [-0.1, -0.05) is 43.3 Å². The van der Waals surface area contributed by atoms with Crippen molar-refractivity contribution in [1.82, 2.24) is 5.32 Å². The molecule has 2 heterocycles. The van der Waals surface area contributed by atoms with Crippen LogP contribution in [0.3, 0.4) is 0 Å². The van der Waals surface area contributed by atoms with Gasteiger partial charge >= 0.3 is 0 Å². The van der Waals surface area contributed by atoms with Crippen LogP contribution in [-0.4, -0.2) is 13.0 Å². The molecule has 3 aromatic rings. The zero-order valence-electron chi connectivity index (χ0n) is 17.7. The summed E-state index contributed by atoms with van der Waals surface area (Å²) in [6.45, 7) is 2.75. The minimum absolute atomic E-state index is 0.00849. The first-order valence-corrected chi connectivity index (χ1v) is 11.5. The number of amides is 1. The number of hydrogen-bond acceptors (Lipinski definition) is 5. The van der Waals surface area contributed by atoms with Crippen molar-refractivity contribution in [2.75, 3.05) is 12.4 Å². The van der Waals surface area contributed by atoms with Crippen molar-refractivity contribution in [3.8, 4) is 11.5 Å². The van der Waals surface area contributed by atoms with Crippen LogP contribution in [0.5, 0.6) is 11.5 Å². The van der Waals surface area contributed by atoms with Crippen LogP contribution in [0.1, 0.15) is 51.4 Å². The molecule has 0 spiro atoms. The molecule has 2 aromatic carbocycles. The number of rotatable bonds is 5. The van der Waals surface area contributed by atoms with E-state index < -0.39 is 0 Å². The first-order chi connectivity index (χ1) is 15.1. The molecule has 0 saturated carbocycles. The monoisotopic (exact) mass is 434 g/mol. The highest BCUT2D eigenvalue weighted by Crippen LogP contribution is 2.43. The Morgan fingerprint density at radius 1 is 1.10 bits per heavy atom. The third kappa shape index (κ3) is 3.88. The van der Waals surface area contributed by atoms with Crippen LogP contribution in [-0.2, 0) is 19.4 Å². The summed E-state index contributed by atoms with van der Waals surface area (Å²) in [7, 11) is 1.63. The van der Waals surface area contributed by atoms with Crippen LogP contribution < -0.4 is 20.1 Å². The summed E-state index contributed by atoms with van der Waals surface area (Å²) < 4.78 is 11.5. The Kier molecular flexibility index (Phi) is 5.32. The maximum absolute atomic E-state index is 13.0. The molecular weight excluding hydrogens is 408 g/mol. The summed E-state index contributed by atoms with van der Waals surface area (Å²) in [4.78, 5) is 14.3. The van der Waals surface area contributed by atoms with Crippen LogP contribution in [0, 0.1) is 5.92 Å². The van der Waals surface area contributed by atoms with E-state index in [1.807, 2.05) is 48.5 Å². The van der Waals surface area contributed by atoms with Gasteiger partial charge in [-0.05, 0) is 54.0 Å². The number of nitrogens with one attached hydrogen (secondary N) is 2. The fourth-order valence-corrected chi connectivity index (χ4v) is 5.78. The second-order valence-electron chi connectivity index (χ2n) is 8.29. The Morgan fingerprint density at radius 2 is 1.94 bits per heavy atom. The lowest BCUT2D eigenvalue weighted by Crippen LogP contribution is -2.38. The lowest BCUT2D eigenvalue weighted by molar-refractivity contribution is 0.0935. The normalized spacial score (nSPS) is 19.6. The molecule has 0 unspecified atom stereocenters. The number of methoxy groups -OCH3 is 1. The highest BCUT2D eigenvalue weighted by atomic mass is 32.1. The molecule has 2 N–H and O–H groups in total. The second kappa shape index (κ2) is 8.27. The first kappa shape index (κ1) is 19.9. The zero-order chi connectivity index (χ0) is 21.4. The summed E-state index contributed by atoms with van der Waals surface area (Å²) in [5, 5.41) is 7.64. The minimum Gasteiger partial charge on any atom is -0.493 e. The van der Waals surface area contributed by atoms with Crippen LogP contribution >= 0.6 is 11.3 Å². The van der Waals surface area contributed by atoms with Crippen molar-refractivity contribution in [2.45, 2.75) is 39.0 Å². The van der Waals surface area contributed by atoms with Crippen molar-refractivity contribution in [3.05, 3.63) is 75.7 Å². The van der Waals surface area contributed by atoms with Gasteiger partial charge in [0.15, 0.2) is 11.5 Å². The number of carbonyl (C=O) groups excluding carboxylic acids is 1. The number of anilines is 1. The summed E-state index contributed by atoms with van der Waals surface area (Å²) in [6.07, 6.45) is 2.90. The average Bonchev–Trinajstić information content (AvgIpc) is 3.16. The molecule has 0 saturated heterocycles. The fourth-order valence-electron chi connectivity index (χ4n) is 4.35. The summed E-state index contributed by atoms with van der Waals surface area (Å²) in [5.41, 5.74) is 4.11. The third-order valence-corrected chi connectivity index (χ3v) is 7.23. The SMILES string of the molecule is COc1cc([C@H]2NC(=O)c3c(sc4c3CC[C@@H](C)C4)N2)ccc1OCc1ccccc1. The Morgan fingerprint density at radius 3 is 2.74 bits per heavy atom. The number of thiophene rings is 1. The Balaban J connectivity index is 1.36. The van der Waals surface area contributed by atoms with Crippen LogP contribution in [0.4, 0.5) is 5.00 Å². The zero-order valence-corrected chi connectivity index (χ0v) is 18.6. The van der Waals surface area contributed by atoms with Crippen LogP contribution in [0.2, 0.25) is 0 Å². The molecule has 1 amide bonds. The summed E-state index contributed by atoms with van der Waals surface area (Å²) in [5.74, 6) is 2.02. The molecule has 5 nitrogen and oxygen atoms in total. The van der Waals surface area contributed by atoms with Gasteiger partial charge in [0.2, 0.25) is 0 Å². The molecule has 0 fully saturated rings. The molecule has 0 radical (unpaired) electrons. The number of carbonyl (C=O) groups is 1. The molecule has 1 aliphatic carbocycles. The lowest BCUT2D eigenvalue weighted by Gasteiger charge is -2.27. The van der Waals surface area contributed by atoms with E-state index in [-0.39, 0.29) is 12.1 Å². The molecule has 5 rings (SSSR count). The highest BCUT2D eigenvalue weighted by Gasteiger charge is 2.33. The number of benzene rings is 2. The molecule has 31 heavy (non-hydrogen) atoms. The third-order valence-electron chi connectivity index (χ3n) is 6.05. The van der Waals surface area contributed by atoms with Gasteiger partial charge in [0.25, 0.3) is 5.91 Å². The second-order valence-corrected chi connectivity index (χ2v) is 9.40. The fraction of sp³-hybridized carbons (Fsp3) is 0.320. The predicted molar refractivity (Wildman–Crippen MR) is 123 cm³/mol. The largest absolute Gasteiger partial charge is 0.493 e. The van der Waals surface area contributed by atoms with Crippen LogP contribution in [0.15, 0.2) is 48.5 Å². The maximum atomic E-state index is 13.0. The number of hydrogen-bond donors (Lipinski definition) is 2. The van der Waals surface area contributed by atoms with Crippen molar-refractivity contribution in [3.63, 3.8) is 0 Å².